The van der Waals surface area contributed by atoms with Crippen LogP contribution >= 0.6 is 0 Å². The molecule has 92 valence electrons. The van der Waals surface area contributed by atoms with Gasteiger partial charge in [0.05, 0.1) is 21.3 Å². The predicted octanol–water partition coefficient (Wildman–Crippen LogP) is 0.627. The molecule has 2 N–H and O–H groups in total. The van der Waals surface area contributed by atoms with Crippen molar-refractivity contribution in [1.29, 1.82) is 0 Å². The first-order valence-corrected chi connectivity index (χ1v) is 6.14. The molecule has 0 bridgehead atoms. The normalized spacial score (nSPS) is 13.8. The quantitative estimate of drug-likeness (QED) is 0.826. The van der Waals surface area contributed by atoms with E-state index < -0.39 is 22.0 Å². The molecule has 0 spiro atoms. The summed E-state index contributed by atoms with van der Waals surface area (Å²) in [7, 11) is -0.240. The van der Waals surface area contributed by atoms with Crippen LogP contribution in [0.1, 0.15) is 17.3 Å². The maximum atomic E-state index is 12.1. The molecule has 0 radical (unpaired) electrons. The Bertz CT molecular complexity index is 472. The van der Waals surface area contributed by atoms with E-state index in [1.165, 1.54) is 26.1 Å². The number of carboxylic acids is 1. The zero-order chi connectivity index (χ0) is 13.0. The maximum absolute atomic E-state index is 12.1. The minimum absolute atomic E-state index is 0.0402. The summed E-state index contributed by atoms with van der Waals surface area (Å²) in [5, 5.41) is 10.6. The average Bonchev–Trinajstić information content (AvgIpc) is 2.35. The number of hydrogen-bond acceptors (Lipinski definition) is 3. The molecule has 1 aromatic rings. The molecule has 5 nitrogen and oxygen atoms in total. The van der Waals surface area contributed by atoms with E-state index in [1.807, 2.05) is 0 Å². The lowest BCUT2D eigenvalue weighted by Gasteiger charge is -2.11. The number of carbonyl (C=O) groups excluding carboxylic acids is 1. The topological polar surface area (TPSA) is 83.5 Å². The van der Waals surface area contributed by atoms with Crippen LogP contribution in [0.2, 0.25) is 0 Å². The van der Waals surface area contributed by atoms with Gasteiger partial charge in [0, 0.05) is 7.05 Å². The summed E-state index contributed by atoms with van der Waals surface area (Å²) in [5.41, 5.74) is -0.0402. The van der Waals surface area contributed by atoms with E-state index in [9.17, 15) is 13.8 Å². The summed E-state index contributed by atoms with van der Waals surface area (Å²) in [6.45, 7) is 1.49. The molecule has 0 aliphatic heterocycles. The molecule has 1 aromatic carbocycles. The largest absolute Gasteiger partial charge is 0.478 e. The van der Waals surface area contributed by atoms with Gasteiger partial charge in [0.15, 0.2) is 0 Å². The lowest BCUT2D eigenvalue weighted by atomic mass is 10.2. The Morgan fingerprint density at radius 3 is 2.47 bits per heavy atom. The van der Waals surface area contributed by atoms with Gasteiger partial charge in [-0.3, -0.25) is 9.00 Å². The molecule has 1 amide bonds. The van der Waals surface area contributed by atoms with Crippen molar-refractivity contribution in [1.82, 2.24) is 5.32 Å². The van der Waals surface area contributed by atoms with E-state index in [0.29, 0.717) is 0 Å². The Labute approximate surface area is 101 Å². The first-order chi connectivity index (χ1) is 7.99. The summed E-state index contributed by atoms with van der Waals surface area (Å²) in [4.78, 5) is 22.5. The van der Waals surface area contributed by atoms with Crippen molar-refractivity contribution in [3.63, 3.8) is 0 Å². The van der Waals surface area contributed by atoms with E-state index in [2.05, 4.69) is 5.32 Å². The molecule has 2 atom stereocenters. The Morgan fingerprint density at radius 1 is 1.35 bits per heavy atom. The SMILES string of the molecule is CNC(=O)C(C)S(=O)c1ccccc1C(=O)O. The average molecular weight is 255 g/mol. The third kappa shape index (κ3) is 2.91. The Hall–Kier alpha value is -1.69. The van der Waals surface area contributed by atoms with Crippen LogP contribution in [-0.4, -0.2) is 33.5 Å². The van der Waals surface area contributed by atoms with Crippen LogP contribution in [0.4, 0.5) is 0 Å². The zero-order valence-electron chi connectivity index (χ0n) is 9.47. The van der Waals surface area contributed by atoms with Crippen LogP contribution in [0.15, 0.2) is 29.2 Å². The van der Waals surface area contributed by atoms with Crippen molar-refractivity contribution in [2.24, 2.45) is 0 Å². The Morgan fingerprint density at radius 2 is 1.94 bits per heavy atom. The predicted molar refractivity (Wildman–Crippen MR) is 63.3 cm³/mol. The van der Waals surface area contributed by atoms with E-state index in [1.54, 1.807) is 12.1 Å². The van der Waals surface area contributed by atoms with Gasteiger partial charge in [-0.15, -0.1) is 0 Å². The summed E-state index contributed by atoms with van der Waals surface area (Å²) in [6.07, 6.45) is 0. The highest BCUT2D eigenvalue weighted by atomic mass is 32.2. The van der Waals surface area contributed by atoms with Crippen LogP contribution < -0.4 is 5.32 Å². The highest BCUT2D eigenvalue weighted by Crippen LogP contribution is 2.17. The summed E-state index contributed by atoms with van der Waals surface area (Å²) in [6, 6.07) is 5.97. The van der Waals surface area contributed by atoms with Gasteiger partial charge in [-0.1, -0.05) is 12.1 Å². The number of aromatic carboxylic acids is 1. The van der Waals surface area contributed by atoms with Gasteiger partial charge in [-0.25, -0.2) is 4.79 Å². The lowest BCUT2D eigenvalue weighted by Crippen LogP contribution is -2.33. The van der Waals surface area contributed by atoms with E-state index in [-0.39, 0.29) is 16.4 Å². The molecule has 0 heterocycles. The fourth-order valence-electron chi connectivity index (χ4n) is 1.31. The number of carboxylic acid groups (broad SMARTS) is 1. The number of carbonyl (C=O) groups is 2. The van der Waals surface area contributed by atoms with Crippen LogP contribution in [0, 0.1) is 0 Å². The van der Waals surface area contributed by atoms with Gasteiger partial charge in [0.1, 0.15) is 5.25 Å². The van der Waals surface area contributed by atoms with Gasteiger partial charge in [-0.2, -0.15) is 0 Å². The zero-order valence-corrected chi connectivity index (χ0v) is 10.3. The Kier molecular flexibility index (Phi) is 4.39. The van der Waals surface area contributed by atoms with Gasteiger partial charge in [0.25, 0.3) is 0 Å². The third-order valence-corrected chi connectivity index (χ3v) is 3.92. The highest BCUT2D eigenvalue weighted by molar-refractivity contribution is 7.86. The van der Waals surface area contributed by atoms with Crippen LogP contribution in [0.3, 0.4) is 0 Å². The molecule has 17 heavy (non-hydrogen) atoms. The van der Waals surface area contributed by atoms with Crippen molar-refractivity contribution in [3.05, 3.63) is 29.8 Å². The molecule has 0 aliphatic rings. The molecule has 6 heteroatoms. The molecule has 0 saturated heterocycles. The Balaban J connectivity index is 3.12. The number of amides is 1. The van der Waals surface area contributed by atoms with Crippen LogP contribution in [-0.2, 0) is 15.6 Å². The van der Waals surface area contributed by atoms with Gasteiger partial charge in [0.2, 0.25) is 5.91 Å². The standard InChI is InChI=1S/C11H13NO4S/c1-7(10(13)12-2)17(16)9-6-4-3-5-8(9)11(14)15/h3-7H,1-2H3,(H,12,13)(H,14,15). The number of nitrogens with one attached hydrogen (secondary N) is 1. The number of rotatable bonds is 4. The fourth-order valence-corrected chi connectivity index (χ4v) is 2.59. The molecule has 0 aromatic heterocycles. The van der Waals surface area contributed by atoms with Gasteiger partial charge < -0.3 is 10.4 Å². The van der Waals surface area contributed by atoms with E-state index in [4.69, 9.17) is 5.11 Å². The second-order valence-electron chi connectivity index (χ2n) is 3.36. The molecule has 1 rings (SSSR count). The molecule has 0 fully saturated rings. The van der Waals surface area contributed by atoms with Crippen molar-refractivity contribution < 1.29 is 18.9 Å². The van der Waals surface area contributed by atoms with Gasteiger partial charge in [-0.05, 0) is 19.1 Å². The molecular formula is C11H13NO4S. The summed E-state index contributed by atoms with van der Waals surface area (Å²) < 4.78 is 12.1. The third-order valence-electron chi connectivity index (χ3n) is 2.27. The van der Waals surface area contributed by atoms with E-state index >= 15 is 0 Å². The van der Waals surface area contributed by atoms with Crippen molar-refractivity contribution in [3.8, 4) is 0 Å². The summed E-state index contributed by atoms with van der Waals surface area (Å²) in [5.74, 6) is -1.54. The minimum Gasteiger partial charge on any atom is -0.478 e. The van der Waals surface area contributed by atoms with Crippen molar-refractivity contribution in [2.75, 3.05) is 7.05 Å². The molecule has 0 aliphatic carbocycles. The molecule has 0 saturated carbocycles. The highest BCUT2D eigenvalue weighted by Gasteiger charge is 2.24. The maximum Gasteiger partial charge on any atom is 0.336 e. The molecule has 2 unspecified atom stereocenters. The fraction of sp³-hybridized carbons (Fsp3) is 0.273. The second-order valence-corrected chi connectivity index (χ2v) is 5.10. The lowest BCUT2D eigenvalue weighted by molar-refractivity contribution is -0.119. The smallest absolute Gasteiger partial charge is 0.336 e. The first kappa shape index (κ1) is 13.4. The van der Waals surface area contributed by atoms with Crippen LogP contribution in [0.5, 0.6) is 0 Å². The number of hydrogen-bond donors (Lipinski definition) is 2. The van der Waals surface area contributed by atoms with Crippen molar-refractivity contribution >= 4 is 22.7 Å². The second kappa shape index (κ2) is 5.58. The minimum atomic E-state index is -1.68. The van der Waals surface area contributed by atoms with Crippen LogP contribution in [0.25, 0.3) is 0 Å². The van der Waals surface area contributed by atoms with Crippen molar-refractivity contribution in [2.45, 2.75) is 17.1 Å². The van der Waals surface area contributed by atoms with E-state index in [0.717, 1.165) is 0 Å². The first-order valence-electron chi connectivity index (χ1n) is 4.93. The monoisotopic (exact) mass is 255 g/mol. The number of benzene rings is 1. The summed E-state index contributed by atoms with van der Waals surface area (Å²) >= 11 is 0. The van der Waals surface area contributed by atoms with Gasteiger partial charge >= 0.3 is 5.97 Å². The molecular weight excluding hydrogens is 242 g/mol.